The molecule has 0 saturated carbocycles. The van der Waals surface area contributed by atoms with Crippen LogP contribution >= 0.6 is 0 Å². The zero-order valence-corrected chi connectivity index (χ0v) is 14.9. The summed E-state index contributed by atoms with van der Waals surface area (Å²) in [5.41, 5.74) is 0. The molecule has 0 aliphatic heterocycles. The van der Waals surface area contributed by atoms with Gasteiger partial charge in [0.05, 0.1) is 12.8 Å². The van der Waals surface area contributed by atoms with E-state index in [1.165, 1.54) is 12.8 Å². The van der Waals surface area contributed by atoms with Crippen LogP contribution in [0.15, 0.2) is 0 Å². The van der Waals surface area contributed by atoms with Crippen LogP contribution in [0.25, 0.3) is 0 Å². The molecule has 0 amide bonds. The van der Waals surface area contributed by atoms with E-state index >= 15 is 0 Å². The molecule has 9 nitrogen and oxygen atoms in total. The number of carbonyl (C=O) groups is 6. The van der Waals surface area contributed by atoms with Gasteiger partial charge < -0.3 is 19.8 Å². The van der Waals surface area contributed by atoms with Gasteiger partial charge in [-0.25, -0.2) is 0 Å². The van der Waals surface area contributed by atoms with E-state index in [0.29, 0.717) is 0 Å². The van der Waals surface area contributed by atoms with E-state index in [1.54, 1.807) is 0 Å². The van der Waals surface area contributed by atoms with Gasteiger partial charge in [-0.2, -0.15) is 0 Å². The third-order valence-electron chi connectivity index (χ3n) is 1.89. The van der Waals surface area contributed by atoms with Gasteiger partial charge in [-0.05, 0) is 13.8 Å². The Morgan fingerprint density at radius 1 is 0.833 bits per heavy atom. The molecule has 0 rings (SSSR count). The van der Waals surface area contributed by atoms with E-state index in [-0.39, 0.29) is 0 Å². The SMILES string of the molecule is CC(=O)CC(=O)C(=O)[O-].CC(=O)CC(=O)C(=O)[O-].CCCC[O][Al+2]. The molecule has 24 heavy (non-hydrogen) atoms. The second-order valence-corrected chi connectivity index (χ2v) is 4.74. The molecule has 0 saturated heterocycles. The fourth-order valence-electron chi connectivity index (χ4n) is 0.824. The molecule has 0 spiro atoms. The first-order valence-corrected chi connectivity index (χ1v) is 7.25. The number of hydrogen-bond donors (Lipinski definition) is 0. The predicted octanol–water partition coefficient (Wildman–Crippen LogP) is -2.54. The number of carboxylic acids is 2. The first-order valence-electron chi connectivity index (χ1n) is 6.78. The summed E-state index contributed by atoms with van der Waals surface area (Å²) in [6.45, 7) is 5.30. The second-order valence-electron chi connectivity index (χ2n) is 4.40. The van der Waals surface area contributed by atoms with Crippen LogP contribution in [0.5, 0.6) is 0 Å². The normalized spacial score (nSPS) is 8.71. The Kier molecular flexibility index (Phi) is 19.6. The third-order valence-corrected chi connectivity index (χ3v) is 2.13. The molecule has 0 N–H and O–H groups in total. The van der Waals surface area contributed by atoms with Gasteiger partial charge >= 0.3 is 46.8 Å². The quantitative estimate of drug-likeness (QED) is 0.187. The number of rotatable bonds is 9. The molecule has 0 radical (unpaired) electrons. The van der Waals surface area contributed by atoms with Crippen LogP contribution in [0.2, 0.25) is 0 Å². The van der Waals surface area contributed by atoms with Crippen LogP contribution in [0.4, 0.5) is 0 Å². The fraction of sp³-hybridized carbons (Fsp3) is 0.571. The topological polar surface area (TPSA) is 158 Å². The van der Waals surface area contributed by atoms with E-state index in [0.717, 1.165) is 20.5 Å². The van der Waals surface area contributed by atoms with E-state index in [1.807, 2.05) is 0 Å². The number of Topliss-reactive ketones (excluding diaryl/α,β-unsaturated/α-hetero) is 4. The van der Waals surface area contributed by atoms with Crippen LogP contribution < -0.4 is 10.2 Å². The number of carboxylic acid groups (broad SMARTS) is 2. The van der Waals surface area contributed by atoms with Crippen molar-refractivity contribution >= 4 is 51.7 Å². The molecule has 10 heteroatoms. The molecular formula is C14H19AlO9. The monoisotopic (exact) mass is 358 g/mol. The summed E-state index contributed by atoms with van der Waals surface area (Å²) in [4.78, 5) is 59.5. The van der Waals surface area contributed by atoms with Gasteiger partial charge in [0, 0.05) is 0 Å². The zero-order valence-electron chi connectivity index (χ0n) is 13.8. The van der Waals surface area contributed by atoms with Crippen LogP contribution in [0.3, 0.4) is 0 Å². The van der Waals surface area contributed by atoms with Crippen molar-refractivity contribution in [3.63, 3.8) is 0 Å². The predicted molar refractivity (Wildman–Crippen MR) is 77.2 cm³/mol. The van der Waals surface area contributed by atoms with E-state index in [2.05, 4.69) is 23.5 Å². The summed E-state index contributed by atoms with van der Waals surface area (Å²) >= 11 is 2.23. The molecule has 0 aromatic carbocycles. The van der Waals surface area contributed by atoms with Crippen LogP contribution in [0.1, 0.15) is 46.5 Å². The second kappa shape index (κ2) is 17.5. The maximum atomic E-state index is 10.1. The number of unbranched alkanes of at least 4 members (excludes halogenated alkanes) is 1. The summed E-state index contributed by atoms with van der Waals surface area (Å²) in [5, 5.41) is 19.2. The van der Waals surface area contributed by atoms with Crippen molar-refractivity contribution in [3.8, 4) is 0 Å². The number of carbonyl (C=O) groups excluding carboxylic acids is 6. The van der Waals surface area contributed by atoms with Gasteiger partial charge in [0.2, 0.25) is 0 Å². The minimum atomic E-state index is -1.80. The number of aliphatic carboxylic acids is 2. The Hall–Kier alpha value is -1.89. The maximum absolute atomic E-state index is 10.1. The molecule has 0 aromatic heterocycles. The average molecular weight is 358 g/mol. The van der Waals surface area contributed by atoms with Gasteiger partial charge in [0.15, 0.2) is 11.6 Å². The molecule has 0 aliphatic rings. The van der Waals surface area contributed by atoms with E-state index in [9.17, 15) is 39.0 Å². The first kappa shape index (κ1) is 27.0. The molecule has 0 aliphatic carbocycles. The molecular weight excluding hydrogens is 339 g/mol. The Bertz CT molecular complexity index is 415. The van der Waals surface area contributed by atoms with Crippen molar-refractivity contribution in [1.29, 1.82) is 0 Å². The fourth-order valence-corrected chi connectivity index (χ4v) is 0.991. The summed E-state index contributed by atoms with van der Waals surface area (Å²) in [5.74, 6) is -6.87. The van der Waals surface area contributed by atoms with Crippen molar-refractivity contribution < 1.29 is 42.8 Å². The van der Waals surface area contributed by atoms with Gasteiger partial charge in [-0.1, -0.05) is 0 Å². The Balaban J connectivity index is -0.000000282. The molecule has 132 valence electrons. The Morgan fingerprint density at radius 2 is 1.17 bits per heavy atom. The molecule has 0 fully saturated rings. The standard InChI is InChI=1S/2C5H6O4.C4H9O.Al/c2*1-3(6)2-4(7)5(8)9;1-2-3-4-5;/h2*2H2,1H3,(H,8,9);2-4H2,1H3;/q;;-1;+3/p-2. The van der Waals surface area contributed by atoms with Gasteiger partial charge in [0.25, 0.3) is 0 Å². The first-order chi connectivity index (χ1) is 11.0. The van der Waals surface area contributed by atoms with Gasteiger partial charge in [-0.3, -0.25) is 19.2 Å². The average Bonchev–Trinajstić information content (AvgIpc) is 2.44. The van der Waals surface area contributed by atoms with Crippen molar-refractivity contribution in [2.75, 3.05) is 6.61 Å². The Labute approximate surface area is 148 Å². The summed E-state index contributed by atoms with van der Waals surface area (Å²) in [7, 11) is 0. The molecule has 0 heterocycles. The minimum absolute atomic E-state index is 0.468. The molecule has 0 unspecified atom stereocenters. The van der Waals surface area contributed by atoms with E-state index < -0.39 is 47.9 Å². The van der Waals surface area contributed by atoms with Crippen molar-refractivity contribution in [1.82, 2.24) is 0 Å². The summed E-state index contributed by atoms with van der Waals surface area (Å²) < 4.78 is 4.70. The van der Waals surface area contributed by atoms with Crippen molar-refractivity contribution in [3.05, 3.63) is 0 Å². The third kappa shape index (κ3) is 25.1. The number of ketones is 4. The van der Waals surface area contributed by atoms with E-state index in [4.69, 9.17) is 3.79 Å². The molecule has 0 atom stereocenters. The summed E-state index contributed by atoms with van der Waals surface area (Å²) in [6, 6.07) is 0. The molecule has 0 bridgehead atoms. The van der Waals surface area contributed by atoms with Crippen LogP contribution in [-0.4, -0.2) is 58.3 Å². The zero-order chi connectivity index (χ0) is 19.7. The van der Waals surface area contributed by atoms with Crippen molar-refractivity contribution in [2.45, 2.75) is 46.5 Å². The van der Waals surface area contributed by atoms with Crippen molar-refractivity contribution in [2.24, 2.45) is 0 Å². The Morgan fingerprint density at radius 3 is 1.25 bits per heavy atom. The number of hydrogen-bond acceptors (Lipinski definition) is 9. The summed E-state index contributed by atoms with van der Waals surface area (Å²) in [6.07, 6.45) is 1.25. The van der Waals surface area contributed by atoms with Gasteiger partial charge in [0.1, 0.15) is 23.5 Å². The molecule has 0 aromatic rings. The van der Waals surface area contributed by atoms with Crippen LogP contribution in [0, 0.1) is 0 Å². The van der Waals surface area contributed by atoms with Crippen LogP contribution in [-0.2, 0) is 32.6 Å². The van der Waals surface area contributed by atoms with Gasteiger partial charge in [-0.15, -0.1) is 0 Å².